The zero-order chi connectivity index (χ0) is 14.4. The Hall–Kier alpha value is -2.40. The van der Waals surface area contributed by atoms with Crippen molar-refractivity contribution in [3.05, 3.63) is 58.3 Å². The summed E-state index contributed by atoms with van der Waals surface area (Å²) in [4.78, 5) is 23.5. The number of carbonyl (C=O) groups is 2. The molecule has 0 saturated carbocycles. The highest BCUT2D eigenvalue weighted by Crippen LogP contribution is 2.23. The average Bonchev–Trinajstić information content (AvgIpc) is 2.97. The normalized spacial score (nSPS) is 11.1. The first-order chi connectivity index (χ1) is 9.66. The Kier molecular flexibility index (Phi) is 4.68. The molecule has 5 heteroatoms. The number of aliphatic carboxylic acids is 1. The van der Waals surface area contributed by atoms with E-state index in [1.165, 1.54) is 11.3 Å². The minimum absolute atomic E-state index is 0.390. The van der Waals surface area contributed by atoms with Gasteiger partial charge in [0.25, 0.3) is 5.91 Å². The van der Waals surface area contributed by atoms with Gasteiger partial charge in [-0.25, -0.2) is 0 Å². The maximum absolute atomic E-state index is 12.1. The number of amides is 1. The van der Waals surface area contributed by atoms with Gasteiger partial charge in [0.05, 0.1) is 5.57 Å². The lowest BCUT2D eigenvalue weighted by molar-refractivity contribution is -0.137. The molecular weight excluding hydrogens is 274 g/mol. The number of benzene rings is 1. The van der Waals surface area contributed by atoms with Crippen LogP contribution in [0.3, 0.4) is 0 Å². The molecule has 1 heterocycles. The number of carboxylic acids is 1. The third-order valence-electron chi connectivity index (χ3n) is 2.54. The zero-order valence-electron chi connectivity index (χ0n) is 10.6. The van der Waals surface area contributed by atoms with Crippen LogP contribution < -0.4 is 5.32 Å². The zero-order valence-corrected chi connectivity index (χ0v) is 11.4. The van der Waals surface area contributed by atoms with Crippen molar-refractivity contribution in [3.8, 4) is 0 Å². The molecule has 2 aromatic rings. The van der Waals surface area contributed by atoms with Gasteiger partial charge in [-0.2, -0.15) is 0 Å². The highest BCUT2D eigenvalue weighted by Gasteiger charge is 2.13. The molecule has 0 radical (unpaired) electrons. The largest absolute Gasteiger partial charge is 0.480 e. The van der Waals surface area contributed by atoms with Crippen molar-refractivity contribution in [2.24, 2.45) is 0 Å². The predicted molar refractivity (Wildman–Crippen MR) is 79.3 cm³/mol. The fraction of sp³-hybridized carbons (Fsp3) is 0.0667. The second-order valence-electron chi connectivity index (χ2n) is 4.02. The summed E-state index contributed by atoms with van der Waals surface area (Å²) in [5.41, 5.74) is 1.36. The molecule has 102 valence electrons. The van der Waals surface area contributed by atoms with Gasteiger partial charge >= 0.3 is 5.97 Å². The highest BCUT2D eigenvalue weighted by atomic mass is 32.1. The van der Waals surface area contributed by atoms with Crippen LogP contribution in [0.5, 0.6) is 0 Å². The molecule has 0 atom stereocenters. The van der Waals surface area contributed by atoms with Gasteiger partial charge in [0.15, 0.2) is 0 Å². The Labute approximate surface area is 120 Å². The van der Waals surface area contributed by atoms with Crippen LogP contribution >= 0.6 is 11.3 Å². The predicted octanol–water partition coefficient (Wildman–Crippen LogP) is 2.49. The van der Waals surface area contributed by atoms with Crippen LogP contribution in [0.15, 0.2) is 47.8 Å². The summed E-state index contributed by atoms with van der Waals surface area (Å²) in [6.07, 6.45) is 1.75. The molecule has 0 aliphatic rings. The molecule has 0 unspecified atom stereocenters. The van der Waals surface area contributed by atoms with Crippen molar-refractivity contribution in [1.82, 2.24) is 5.32 Å². The summed E-state index contributed by atoms with van der Waals surface area (Å²) in [6, 6.07) is 13.1. The quantitative estimate of drug-likeness (QED) is 0.830. The minimum atomic E-state index is -1.07. The van der Waals surface area contributed by atoms with E-state index in [2.05, 4.69) is 5.32 Å². The van der Waals surface area contributed by atoms with E-state index in [0.29, 0.717) is 5.57 Å². The Morgan fingerprint density at radius 1 is 1.15 bits per heavy atom. The number of hydrogen-bond acceptors (Lipinski definition) is 3. The van der Waals surface area contributed by atoms with Crippen molar-refractivity contribution in [2.75, 3.05) is 6.54 Å². The van der Waals surface area contributed by atoms with Gasteiger partial charge in [-0.05, 0) is 23.1 Å². The maximum atomic E-state index is 12.1. The van der Waals surface area contributed by atoms with Crippen LogP contribution in [0.2, 0.25) is 0 Å². The van der Waals surface area contributed by atoms with Crippen molar-refractivity contribution >= 4 is 34.9 Å². The smallest absolute Gasteiger partial charge is 0.322 e. The first kappa shape index (κ1) is 14.0. The molecule has 0 aliphatic carbocycles. The van der Waals surface area contributed by atoms with Crippen LogP contribution in [-0.2, 0) is 9.59 Å². The van der Waals surface area contributed by atoms with Gasteiger partial charge in [0.2, 0.25) is 0 Å². The van der Waals surface area contributed by atoms with Crippen LogP contribution in [0, 0.1) is 0 Å². The molecule has 1 aromatic heterocycles. The van der Waals surface area contributed by atoms with E-state index in [0.717, 1.165) is 10.4 Å². The molecule has 0 fully saturated rings. The molecule has 2 N–H and O–H groups in total. The summed E-state index contributed by atoms with van der Waals surface area (Å²) < 4.78 is 0. The summed E-state index contributed by atoms with van der Waals surface area (Å²) in [5.74, 6) is -1.46. The molecule has 20 heavy (non-hydrogen) atoms. The number of hydrogen-bond donors (Lipinski definition) is 2. The van der Waals surface area contributed by atoms with Crippen molar-refractivity contribution in [2.45, 2.75) is 0 Å². The second-order valence-corrected chi connectivity index (χ2v) is 4.97. The van der Waals surface area contributed by atoms with E-state index in [-0.39, 0.29) is 0 Å². The Bertz CT molecular complexity index is 618. The van der Waals surface area contributed by atoms with Gasteiger partial charge < -0.3 is 10.4 Å². The standard InChI is InChI=1S/C15H13NO3S/c17-14(18)10-16-15(19)12(13-7-4-8-20-13)9-11-5-2-1-3-6-11/h1-9H,10H2,(H,16,19)(H,17,18)/b12-9+. The molecule has 1 amide bonds. The number of carbonyl (C=O) groups excluding carboxylic acids is 1. The van der Waals surface area contributed by atoms with Gasteiger partial charge in [-0.1, -0.05) is 36.4 Å². The highest BCUT2D eigenvalue weighted by molar-refractivity contribution is 7.11. The maximum Gasteiger partial charge on any atom is 0.322 e. The fourth-order valence-electron chi connectivity index (χ4n) is 1.65. The molecule has 0 spiro atoms. The molecule has 0 aliphatic heterocycles. The number of carboxylic acid groups (broad SMARTS) is 1. The van der Waals surface area contributed by atoms with Crippen molar-refractivity contribution in [3.63, 3.8) is 0 Å². The molecule has 1 aromatic carbocycles. The average molecular weight is 287 g/mol. The summed E-state index contributed by atoms with van der Waals surface area (Å²) >= 11 is 1.44. The second kappa shape index (κ2) is 6.68. The Morgan fingerprint density at radius 2 is 1.90 bits per heavy atom. The summed E-state index contributed by atoms with van der Waals surface area (Å²) in [6.45, 7) is -0.393. The Morgan fingerprint density at radius 3 is 2.50 bits per heavy atom. The fourth-order valence-corrected chi connectivity index (χ4v) is 2.39. The van der Waals surface area contributed by atoms with Crippen LogP contribution in [-0.4, -0.2) is 23.5 Å². The van der Waals surface area contributed by atoms with Gasteiger partial charge in [-0.3, -0.25) is 9.59 Å². The van der Waals surface area contributed by atoms with E-state index in [4.69, 9.17) is 5.11 Å². The van der Waals surface area contributed by atoms with Gasteiger partial charge in [-0.15, -0.1) is 11.3 Å². The molecular formula is C15H13NO3S. The molecule has 2 rings (SSSR count). The van der Waals surface area contributed by atoms with Crippen LogP contribution in [0.1, 0.15) is 10.4 Å². The third kappa shape index (κ3) is 3.80. The van der Waals surface area contributed by atoms with Crippen molar-refractivity contribution in [1.29, 1.82) is 0 Å². The molecule has 0 saturated heterocycles. The monoisotopic (exact) mass is 287 g/mol. The van der Waals surface area contributed by atoms with Gasteiger partial charge in [0.1, 0.15) is 6.54 Å². The summed E-state index contributed by atoms with van der Waals surface area (Å²) in [7, 11) is 0. The van der Waals surface area contributed by atoms with Crippen LogP contribution in [0.4, 0.5) is 0 Å². The van der Waals surface area contributed by atoms with E-state index >= 15 is 0 Å². The van der Waals surface area contributed by atoms with E-state index in [1.54, 1.807) is 6.08 Å². The third-order valence-corrected chi connectivity index (χ3v) is 3.45. The lowest BCUT2D eigenvalue weighted by Gasteiger charge is -2.06. The SMILES string of the molecule is O=C(O)CNC(=O)/C(=C/c1ccccc1)c1cccs1. The number of rotatable bonds is 5. The van der Waals surface area contributed by atoms with Crippen molar-refractivity contribution < 1.29 is 14.7 Å². The lowest BCUT2D eigenvalue weighted by atomic mass is 10.1. The first-order valence-electron chi connectivity index (χ1n) is 5.97. The van der Waals surface area contributed by atoms with E-state index < -0.39 is 18.4 Å². The van der Waals surface area contributed by atoms with E-state index in [1.807, 2.05) is 47.8 Å². The lowest BCUT2D eigenvalue weighted by Crippen LogP contribution is -2.29. The van der Waals surface area contributed by atoms with Crippen LogP contribution in [0.25, 0.3) is 11.6 Å². The minimum Gasteiger partial charge on any atom is -0.480 e. The van der Waals surface area contributed by atoms with E-state index in [9.17, 15) is 9.59 Å². The Balaban J connectivity index is 2.29. The first-order valence-corrected chi connectivity index (χ1v) is 6.85. The summed E-state index contributed by atoms with van der Waals surface area (Å²) in [5, 5.41) is 12.9. The molecule has 0 bridgehead atoms. The van der Waals surface area contributed by atoms with Gasteiger partial charge in [0, 0.05) is 4.88 Å². The number of nitrogens with one attached hydrogen (secondary N) is 1. The molecule has 4 nitrogen and oxygen atoms in total. The number of thiophene rings is 1. The topological polar surface area (TPSA) is 66.4 Å².